The Kier molecular flexibility index (Phi) is 7.83. The van der Waals surface area contributed by atoms with Crippen molar-refractivity contribution in [2.75, 3.05) is 27.3 Å². The average molecular weight is 491 g/mol. The summed E-state index contributed by atoms with van der Waals surface area (Å²) in [5.41, 5.74) is 3.23. The van der Waals surface area contributed by atoms with E-state index in [1.807, 2.05) is 27.8 Å². The normalized spacial score (nSPS) is 14.8. The van der Waals surface area contributed by atoms with Crippen LogP contribution in [0.3, 0.4) is 0 Å². The van der Waals surface area contributed by atoms with Crippen molar-refractivity contribution in [2.24, 2.45) is 14.1 Å². The second-order valence-electron chi connectivity index (χ2n) is 9.34. The fourth-order valence-electron chi connectivity index (χ4n) is 3.94. The first-order valence-electron chi connectivity index (χ1n) is 11.4. The summed E-state index contributed by atoms with van der Waals surface area (Å²) in [5, 5.41) is 3.24. The summed E-state index contributed by atoms with van der Waals surface area (Å²) in [7, 11) is 6.28. The summed E-state index contributed by atoms with van der Waals surface area (Å²) in [6.07, 6.45) is 1.12. The molecule has 2 aromatic rings. The molecule has 192 valence electrons. The molecule has 12 heteroatoms. The van der Waals surface area contributed by atoms with Crippen molar-refractivity contribution in [3.63, 3.8) is 0 Å². The van der Waals surface area contributed by atoms with Gasteiger partial charge in [0.1, 0.15) is 5.60 Å². The molecular weight excluding hydrogens is 456 g/mol. The first-order chi connectivity index (χ1) is 16.5. The van der Waals surface area contributed by atoms with Crippen molar-refractivity contribution in [1.82, 2.24) is 29.3 Å². The summed E-state index contributed by atoms with van der Waals surface area (Å²) in [6, 6.07) is 0. The lowest BCUT2D eigenvalue weighted by Crippen LogP contribution is -2.40. The van der Waals surface area contributed by atoms with Gasteiger partial charge in [0.2, 0.25) is 11.6 Å². The molecule has 35 heavy (non-hydrogen) atoms. The van der Waals surface area contributed by atoms with E-state index in [9.17, 15) is 14.4 Å². The number of nitrogens with zero attached hydrogens (tertiary/aromatic N) is 5. The van der Waals surface area contributed by atoms with Gasteiger partial charge < -0.3 is 33.6 Å². The van der Waals surface area contributed by atoms with Gasteiger partial charge in [-0.2, -0.15) is 0 Å². The van der Waals surface area contributed by atoms with Crippen LogP contribution in [0.1, 0.15) is 64.8 Å². The molecule has 4 rings (SSSR count). The SMILES string of the molecule is COC(=O)c1nc2c(n1C)CN(C(=O)OC(C)(C)C)CC2.COC(=O)c1nc2c(n1C)CNCC2. The number of amides is 1. The minimum Gasteiger partial charge on any atom is -0.463 e. The Morgan fingerprint density at radius 3 is 1.94 bits per heavy atom. The van der Waals surface area contributed by atoms with Crippen molar-refractivity contribution in [1.29, 1.82) is 0 Å². The van der Waals surface area contributed by atoms with Crippen LogP contribution in [-0.4, -0.2) is 74.9 Å². The van der Waals surface area contributed by atoms with Gasteiger partial charge in [0.25, 0.3) is 0 Å². The summed E-state index contributed by atoms with van der Waals surface area (Å²) in [5.74, 6) is -0.202. The third kappa shape index (κ3) is 5.81. The van der Waals surface area contributed by atoms with E-state index in [0.29, 0.717) is 25.3 Å². The van der Waals surface area contributed by atoms with Crippen molar-refractivity contribution >= 4 is 18.0 Å². The van der Waals surface area contributed by atoms with E-state index in [1.54, 1.807) is 21.1 Å². The van der Waals surface area contributed by atoms with Gasteiger partial charge in [0.05, 0.1) is 43.5 Å². The monoisotopic (exact) mass is 490 g/mol. The molecule has 2 aliphatic rings. The lowest BCUT2D eigenvalue weighted by Gasteiger charge is -2.30. The van der Waals surface area contributed by atoms with Gasteiger partial charge in [-0.15, -0.1) is 0 Å². The fraction of sp³-hybridized carbons (Fsp3) is 0.609. The van der Waals surface area contributed by atoms with Crippen LogP contribution in [0, 0.1) is 0 Å². The van der Waals surface area contributed by atoms with Gasteiger partial charge >= 0.3 is 18.0 Å². The number of hydrogen-bond acceptors (Lipinski definition) is 9. The maximum atomic E-state index is 12.1. The second-order valence-corrected chi connectivity index (χ2v) is 9.34. The Morgan fingerprint density at radius 2 is 1.43 bits per heavy atom. The standard InChI is InChI=1S/C14H21N3O4.C9H13N3O2/c1-14(2,3)21-13(19)17-7-6-9-10(8-17)16(4)11(15-9)12(18)20-5;1-12-7-5-10-4-3-6(7)11-8(12)9(13)14-2/h6-8H2,1-5H3;10H,3-5H2,1-2H3. The number of hydrogen-bond donors (Lipinski definition) is 1. The number of nitrogens with one attached hydrogen (secondary N) is 1. The zero-order valence-electron chi connectivity index (χ0n) is 21.4. The van der Waals surface area contributed by atoms with E-state index in [-0.39, 0.29) is 17.9 Å². The number of imidazole rings is 2. The van der Waals surface area contributed by atoms with Gasteiger partial charge in [-0.05, 0) is 20.8 Å². The highest BCUT2D eigenvalue weighted by Gasteiger charge is 2.30. The number of aromatic nitrogens is 4. The first kappa shape index (κ1) is 26.2. The number of carbonyl (C=O) groups is 3. The molecule has 12 nitrogen and oxygen atoms in total. The van der Waals surface area contributed by atoms with Crippen LogP contribution >= 0.6 is 0 Å². The van der Waals surface area contributed by atoms with E-state index < -0.39 is 11.6 Å². The number of fused-ring (bicyclic) bond motifs is 2. The van der Waals surface area contributed by atoms with Crippen LogP contribution in [0.25, 0.3) is 0 Å². The zero-order chi connectivity index (χ0) is 25.9. The van der Waals surface area contributed by atoms with Crippen LogP contribution in [-0.2, 0) is 54.2 Å². The average Bonchev–Trinajstić information content (AvgIpc) is 3.34. The van der Waals surface area contributed by atoms with Crippen LogP contribution in [0.4, 0.5) is 4.79 Å². The van der Waals surface area contributed by atoms with Crippen molar-refractivity contribution < 1.29 is 28.6 Å². The van der Waals surface area contributed by atoms with E-state index in [4.69, 9.17) is 9.47 Å². The predicted molar refractivity (Wildman–Crippen MR) is 125 cm³/mol. The molecule has 0 radical (unpaired) electrons. The molecule has 4 heterocycles. The third-order valence-corrected chi connectivity index (χ3v) is 5.77. The van der Waals surface area contributed by atoms with Gasteiger partial charge in [-0.25, -0.2) is 24.4 Å². The Balaban J connectivity index is 0.000000211. The molecule has 0 unspecified atom stereocenters. The first-order valence-corrected chi connectivity index (χ1v) is 11.4. The third-order valence-electron chi connectivity index (χ3n) is 5.77. The largest absolute Gasteiger partial charge is 0.463 e. The molecule has 2 aliphatic heterocycles. The summed E-state index contributed by atoms with van der Waals surface area (Å²) in [4.78, 5) is 45.3. The highest BCUT2D eigenvalue weighted by molar-refractivity contribution is 5.86. The number of carbonyl (C=O) groups excluding carboxylic acids is 3. The van der Waals surface area contributed by atoms with E-state index in [2.05, 4.69) is 20.0 Å². The van der Waals surface area contributed by atoms with E-state index in [0.717, 1.165) is 42.3 Å². The summed E-state index contributed by atoms with van der Waals surface area (Å²) in [6.45, 7) is 8.10. The number of ether oxygens (including phenoxy) is 3. The molecule has 0 bridgehead atoms. The van der Waals surface area contributed by atoms with Gasteiger partial charge in [-0.1, -0.05) is 0 Å². The number of rotatable bonds is 2. The lowest BCUT2D eigenvalue weighted by molar-refractivity contribution is 0.0218. The van der Waals surface area contributed by atoms with Crippen LogP contribution in [0.15, 0.2) is 0 Å². The Labute approximate surface area is 204 Å². The fourth-order valence-corrected chi connectivity index (χ4v) is 3.94. The molecule has 0 aliphatic carbocycles. The second kappa shape index (κ2) is 10.5. The molecule has 0 saturated heterocycles. The molecule has 2 aromatic heterocycles. The predicted octanol–water partition coefficient (Wildman–Crippen LogP) is 1.35. The van der Waals surface area contributed by atoms with E-state index >= 15 is 0 Å². The molecule has 1 N–H and O–H groups in total. The smallest absolute Gasteiger partial charge is 0.410 e. The van der Waals surface area contributed by atoms with E-state index in [1.165, 1.54) is 14.2 Å². The maximum absolute atomic E-state index is 12.1. The lowest BCUT2D eigenvalue weighted by atomic mass is 10.1. The van der Waals surface area contributed by atoms with Gasteiger partial charge in [-0.3, -0.25) is 0 Å². The highest BCUT2D eigenvalue weighted by Crippen LogP contribution is 2.22. The van der Waals surface area contributed by atoms with Crippen molar-refractivity contribution in [2.45, 2.75) is 52.3 Å². The molecule has 0 fully saturated rings. The Hall–Kier alpha value is -3.41. The van der Waals surface area contributed by atoms with Crippen LogP contribution in [0.2, 0.25) is 0 Å². The van der Waals surface area contributed by atoms with Crippen LogP contribution < -0.4 is 5.32 Å². The molecule has 0 aromatic carbocycles. The van der Waals surface area contributed by atoms with Gasteiger partial charge in [0.15, 0.2) is 0 Å². The highest BCUT2D eigenvalue weighted by atomic mass is 16.6. The maximum Gasteiger partial charge on any atom is 0.410 e. The van der Waals surface area contributed by atoms with Gasteiger partial charge in [0, 0.05) is 46.6 Å². The molecule has 0 saturated carbocycles. The summed E-state index contributed by atoms with van der Waals surface area (Å²) < 4.78 is 18.2. The topological polar surface area (TPSA) is 130 Å². The Bertz CT molecular complexity index is 1110. The Morgan fingerprint density at radius 1 is 0.886 bits per heavy atom. The minimum atomic E-state index is -0.527. The molecule has 1 amide bonds. The number of esters is 2. The quantitative estimate of drug-likeness (QED) is 0.490. The molecular formula is C23H34N6O6. The minimum absolute atomic E-state index is 0.258. The zero-order valence-corrected chi connectivity index (χ0v) is 21.4. The number of methoxy groups -OCH3 is 2. The summed E-state index contributed by atoms with van der Waals surface area (Å²) >= 11 is 0. The molecule has 0 spiro atoms. The van der Waals surface area contributed by atoms with Crippen molar-refractivity contribution in [3.05, 3.63) is 34.4 Å². The molecule has 0 atom stereocenters. The van der Waals surface area contributed by atoms with Crippen molar-refractivity contribution in [3.8, 4) is 0 Å². The van der Waals surface area contributed by atoms with Crippen LogP contribution in [0.5, 0.6) is 0 Å².